The molecule has 0 aliphatic carbocycles. The number of ether oxygens (including phenoxy) is 4. The van der Waals surface area contributed by atoms with Gasteiger partial charge in [0.05, 0.1) is 6.73 Å². The van der Waals surface area contributed by atoms with Crippen molar-refractivity contribution in [1.29, 1.82) is 0 Å². The van der Waals surface area contributed by atoms with Gasteiger partial charge in [0.15, 0.2) is 0 Å². The first-order chi connectivity index (χ1) is 10.1. The maximum atomic E-state index is 12.4. The quantitative estimate of drug-likeness (QED) is 0.395. The molecule has 124 valence electrons. The molecular formula is C11H24N4O6. The van der Waals surface area contributed by atoms with Crippen LogP contribution in [0.3, 0.4) is 0 Å². The van der Waals surface area contributed by atoms with Crippen LogP contribution in [-0.2, 0) is 18.9 Å². The first kappa shape index (κ1) is 18.0. The Morgan fingerprint density at radius 1 is 1.10 bits per heavy atom. The summed E-state index contributed by atoms with van der Waals surface area (Å²) in [6.45, 7) is 0.230. The average molecular weight is 308 g/mol. The van der Waals surface area contributed by atoms with Crippen molar-refractivity contribution in [3.05, 3.63) is 0 Å². The maximum Gasteiger partial charge on any atom is 0.326 e. The van der Waals surface area contributed by atoms with Crippen molar-refractivity contribution in [2.24, 2.45) is 0 Å². The fourth-order valence-corrected chi connectivity index (χ4v) is 2.19. The smallest absolute Gasteiger partial charge is 0.326 e. The monoisotopic (exact) mass is 308 g/mol. The Hall–Kier alpha value is -1.01. The van der Waals surface area contributed by atoms with Crippen LogP contribution in [-0.4, -0.2) is 93.8 Å². The van der Waals surface area contributed by atoms with E-state index in [1.807, 2.05) is 0 Å². The number of carbonyl (C=O) groups is 1. The van der Waals surface area contributed by atoms with Crippen LogP contribution < -0.4 is 5.32 Å². The first-order valence-corrected chi connectivity index (χ1v) is 6.34. The normalized spacial score (nSPS) is 22.7. The first-order valence-electron chi connectivity index (χ1n) is 6.34. The summed E-state index contributed by atoms with van der Waals surface area (Å²) in [7, 11) is 5.93. The minimum atomic E-state index is -0.706. The van der Waals surface area contributed by atoms with Crippen LogP contribution in [0.5, 0.6) is 0 Å². The molecule has 0 spiro atoms. The van der Waals surface area contributed by atoms with Gasteiger partial charge >= 0.3 is 6.03 Å². The second-order valence-electron chi connectivity index (χ2n) is 4.41. The van der Waals surface area contributed by atoms with Gasteiger partial charge in [0, 0.05) is 28.4 Å². The highest BCUT2D eigenvalue weighted by atomic mass is 16.6. The topological polar surface area (TPSA) is 96.0 Å². The zero-order valence-corrected chi connectivity index (χ0v) is 12.8. The maximum absolute atomic E-state index is 12.4. The van der Waals surface area contributed by atoms with Crippen LogP contribution in [0.1, 0.15) is 0 Å². The second kappa shape index (κ2) is 9.10. The Labute approximate surface area is 124 Å². The van der Waals surface area contributed by atoms with Crippen molar-refractivity contribution in [2.45, 2.75) is 12.3 Å². The molecule has 2 N–H and O–H groups in total. The third-order valence-corrected chi connectivity index (χ3v) is 2.97. The Bertz CT molecular complexity index is 321. The summed E-state index contributed by atoms with van der Waals surface area (Å²) in [4.78, 5) is 15.2. The third-order valence-electron chi connectivity index (χ3n) is 2.97. The molecule has 0 aromatic carbocycles. The van der Waals surface area contributed by atoms with Gasteiger partial charge in [-0.2, -0.15) is 0 Å². The summed E-state index contributed by atoms with van der Waals surface area (Å²) >= 11 is 0. The van der Waals surface area contributed by atoms with E-state index in [0.717, 1.165) is 5.06 Å². The van der Waals surface area contributed by atoms with Gasteiger partial charge in [0.1, 0.15) is 32.5 Å². The van der Waals surface area contributed by atoms with Gasteiger partial charge in [-0.25, -0.2) is 4.79 Å². The van der Waals surface area contributed by atoms with E-state index in [9.17, 15) is 10.0 Å². The number of nitrogens with zero attached hydrogens (tertiary/aromatic N) is 3. The van der Waals surface area contributed by atoms with E-state index in [1.54, 1.807) is 0 Å². The minimum absolute atomic E-state index is 0.0235. The van der Waals surface area contributed by atoms with E-state index in [0.29, 0.717) is 0 Å². The number of methoxy groups -OCH3 is 4. The lowest BCUT2D eigenvalue weighted by molar-refractivity contribution is -0.219. The SMILES string of the molecule is COCNC1C(N(O)COC)N(COC)C(=O)N1COC. The Morgan fingerprint density at radius 2 is 1.71 bits per heavy atom. The van der Waals surface area contributed by atoms with E-state index in [-0.39, 0.29) is 33.0 Å². The molecule has 1 aliphatic rings. The van der Waals surface area contributed by atoms with Crippen LogP contribution in [0.2, 0.25) is 0 Å². The fourth-order valence-electron chi connectivity index (χ4n) is 2.19. The van der Waals surface area contributed by atoms with Crippen LogP contribution in [0.4, 0.5) is 4.79 Å². The summed E-state index contributed by atoms with van der Waals surface area (Å²) in [5, 5.41) is 14.1. The van der Waals surface area contributed by atoms with E-state index < -0.39 is 12.3 Å². The highest BCUT2D eigenvalue weighted by Gasteiger charge is 2.48. The molecule has 0 aromatic heterocycles. The largest absolute Gasteiger partial charge is 0.369 e. The fraction of sp³-hybridized carbons (Fsp3) is 0.909. The molecule has 1 heterocycles. The number of urea groups is 1. The van der Waals surface area contributed by atoms with Gasteiger partial charge in [-0.3, -0.25) is 15.1 Å². The summed E-state index contributed by atoms with van der Waals surface area (Å²) in [6, 6.07) is -0.326. The van der Waals surface area contributed by atoms with Gasteiger partial charge in [-0.1, -0.05) is 0 Å². The standard InChI is InChI=1S/C11H24N4O6/c1-18-5-12-9-10(15(17)8-21-4)14(7-20-3)11(16)13(9)6-19-2/h9-10,12,17H,5-8H2,1-4H3. The Balaban J connectivity index is 2.98. The molecule has 10 nitrogen and oxygen atoms in total. The predicted octanol–water partition coefficient (Wildman–Crippen LogP) is -0.927. The molecule has 1 aliphatic heterocycles. The zero-order chi connectivity index (χ0) is 15.8. The van der Waals surface area contributed by atoms with E-state index in [1.165, 1.54) is 38.2 Å². The van der Waals surface area contributed by atoms with Gasteiger partial charge in [0.25, 0.3) is 0 Å². The molecule has 0 aromatic rings. The number of nitrogens with one attached hydrogen (secondary N) is 1. The van der Waals surface area contributed by atoms with Crippen molar-refractivity contribution in [3.8, 4) is 0 Å². The Kier molecular flexibility index (Phi) is 7.82. The molecule has 1 saturated heterocycles. The lowest BCUT2D eigenvalue weighted by Crippen LogP contribution is -2.56. The number of amides is 2. The number of hydroxylamine groups is 2. The van der Waals surface area contributed by atoms with Crippen molar-refractivity contribution in [2.75, 3.05) is 55.4 Å². The summed E-state index contributed by atoms with van der Waals surface area (Å²) in [5.74, 6) is 0. The highest BCUT2D eigenvalue weighted by Crippen LogP contribution is 2.23. The lowest BCUT2D eigenvalue weighted by atomic mass is 10.3. The van der Waals surface area contributed by atoms with Crippen molar-refractivity contribution in [1.82, 2.24) is 20.2 Å². The van der Waals surface area contributed by atoms with E-state index in [2.05, 4.69) is 5.32 Å². The molecule has 0 saturated carbocycles. The molecule has 1 rings (SSSR count). The highest BCUT2D eigenvalue weighted by molar-refractivity contribution is 5.77. The van der Waals surface area contributed by atoms with Crippen LogP contribution in [0.15, 0.2) is 0 Å². The van der Waals surface area contributed by atoms with E-state index >= 15 is 0 Å². The zero-order valence-electron chi connectivity index (χ0n) is 12.8. The molecule has 0 bridgehead atoms. The number of carbonyl (C=O) groups excluding carboxylic acids is 1. The number of rotatable bonds is 10. The molecule has 21 heavy (non-hydrogen) atoms. The van der Waals surface area contributed by atoms with Crippen molar-refractivity contribution < 1.29 is 28.9 Å². The molecular weight excluding hydrogens is 284 g/mol. The van der Waals surface area contributed by atoms with Gasteiger partial charge in [0.2, 0.25) is 0 Å². The van der Waals surface area contributed by atoms with Crippen molar-refractivity contribution in [3.63, 3.8) is 0 Å². The lowest BCUT2D eigenvalue weighted by Gasteiger charge is -2.32. The average Bonchev–Trinajstić information content (AvgIpc) is 2.71. The summed E-state index contributed by atoms with van der Waals surface area (Å²) in [5.41, 5.74) is 0. The second-order valence-corrected chi connectivity index (χ2v) is 4.41. The summed E-state index contributed by atoms with van der Waals surface area (Å²) in [6.07, 6.45) is -1.25. The minimum Gasteiger partial charge on any atom is -0.369 e. The number of hydrogen-bond acceptors (Lipinski definition) is 8. The Morgan fingerprint density at radius 3 is 2.24 bits per heavy atom. The molecule has 2 unspecified atom stereocenters. The molecule has 1 fully saturated rings. The molecule has 2 amide bonds. The van der Waals surface area contributed by atoms with Gasteiger partial charge < -0.3 is 24.2 Å². The van der Waals surface area contributed by atoms with Gasteiger partial charge in [-0.05, 0) is 0 Å². The number of hydrogen-bond donors (Lipinski definition) is 2. The van der Waals surface area contributed by atoms with Crippen LogP contribution in [0, 0.1) is 0 Å². The van der Waals surface area contributed by atoms with Crippen molar-refractivity contribution >= 4 is 6.03 Å². The van der Waals surface area contributed by atoms with E-state index in [4.69, 9.17) is 18.9 Å². The van der Waals surface area contributed by atoms with Gasteiger partial charge in [-0.15, -0.1) is 5.06 Å². The molecule has 10 heteroatoms. The third kappa shape index (κ3) is 4.23. The molecule has 0 radical (unpaired) electrons. The van der Waals surface area contributed by atoms with Crippen LogP contribution >= 0.6 is 0 Å². The molecule has 2 atom stereocenters. The van der Waals surface area contributed by atoms with Crippen LogP contribution in [0.25, 0.3) is 0 Å². The summed E-state index contributed by atoms with van der Waals surface area (Å²) < 4.78 is 20.0. The predicted molar refractivity (Wildman–Crippen MR) is 70.9 cm³/mol.